The van der Waals surface area contributed by atoms with Crippen molar-refractivity contribution in [3.63, 3.8) is 0 Å². The molecular formula is C34H34BrN3O2. The molecule has 0 saturated carbocycles. The minimum atomic E-state index is -0.615. The summed E-state index contributed by atoms with van der Waals surface area (Å²) in [4.78, 5) is 9.56. The van der Waals surface area contributed by atoms with Crippen molar-refractivity contribution in [2.24, 2.45) is 11.8 Å². The van der Waals surface area contributed by atoms with Gasteiger partial charge in [0.1, 0.15) is 24.4 Å². The summed E-state index contributed by atoms with van der Waals surface area (Å²) in [5, 5.41) is 15.6. The van der Waals surface area contributed by atoms with Gasteiger partial charge in [-0.05, 0) is 47.9 Å². The third-order valence-electron chi connectivity index (χ3n) is 9.51. The van der Waals surface area contributed by atoms with Crippen LogP contribution in [0.25, 0.3) is 32.7 Å². The van der Waals surface area contributed by atoms with Crippen molar-refractivity contribution < 1.29 is 31.3 Å². The fourth-order valence-corrected chi connectivity index (χ4v) is 7.53. The van der Waals surface area contributed by atoms with Gasteiger partial charge in [-0.3, -0.25) is 4.98 Å². The number of ether oxygens (including phenoxy) is 1. The largest absolute Gasteiger partial charge is 1.00 e. The first kappa shape index (κ1) is 26.9. The minimum absolute atomic E-state index is 0. The first-order chi connectivity index (χ1) is 19.1. The molecule has 0 amide bonds. The molecule has 204 valence electrons. The average Bonchev–Trinajstić information content (AvgIpc) is 3.00. The van der Waals surface area contributed by atoms with Gasteiger partial charge in [-0.15, -0.1) is 6.58 Å². The number of aromatic nitrogens is 2. The third-order valence-corrected chi connectivity index (χ3v) is 9.51. The van der Waals surface area contributed by atoms with Crippen molar-refractivity contribution in [1.82, 2.24) is 9.97 Å². The van der Waals surface area contributed by atoms with Crippen LogP contribution in [0.15, 0.2) is 91.6 Å². The summed E-state index contributed by atoms with van der Waals surface area (Å²) in [6.45, 7) is 7.12. The SMILES string of the molecule is C=C[C@@H]1C[N@+]2(Cc3c4ccccc4nc4ccccc34)CC[C@H]1C[C@H]2[C@H](O)c1ccnc2ccc(OC)cc12.[Br-]. The van der Waals surface area contributed by atoms with Gasteiger partial charge in [-0.1, -0.05) is 42.5 Å². The number of aliphatic hydroxyl groups is 1. The smallest absolute Gasteiger partial charge is 0.131 e. The first-order valence-electron chi connectivity index (χ1n) is 14.0. The molecule has 2 aromatic heterocycles. The van der Waals surface area contributed by atoms with Crippen LogP contribution in [0.1, 0.15) is 30.1 Å². The second kappa shape index (κ2) is 10.6. The van der Waals surface area contributed by atoms with E-state index in [1.807, 2.05) is 30.5 Å². The molecule has 0 aliphatic carbocycles. The molecule has 40 heavy (non-hydrogen) atoms. The molecule has 3 aliphatic rings. The van der Waals surface area contributed by atoms with Gasteiger partial charge in [0.2, 0.25) is 0 Å². The number of hydrogen-bond donors (Lipinski definition) is 1. The Bertz CT molecular complexity index is 1670. The second-order valence-corrected chi connectivity index (χ2v) is 11.4. The predicted octanol–water partition coefficient (Wildman–Crippen LogP) is 3.59. The molecule has 3 saturated heterocycles. The molecule has 8 rings (SSSR count). The monoisotopic (exact) mass is 595 g/mol. The van der Waals surface area contributed by atoms with Gasteiger partial charge in [-0.25, -0.2) is 4.98 Å². The summed E-state index contributed by atoms with van der Waals surface area (Å²) in [5.74, 6) is 1.78. The molecule has 3 aliphatic heterocycles. The molecule has 5 nitrogen and oxygen atoms in total. The van der Waals surface area contributed by atoms with E-state index in [9.17, 15) is 5.11 Å². The topological polar surface area (TPSA) is 55.2 Å². The molecule has 2 bridgehead atoms. The number of benzene rings is 3. The molecule has 5 atom stereocenters. The number of hydrogen-bond acceptors (Lipinski definition) is 4. The maximum absolute atomic E-state index is 12.2. The Morgan fingerprint density at radius 2 is 1.73 bits per heavy atom. The number of halogens is 1. The number of fused-ring (bicyclic) bond motifs is 6. The highest BCUT2D eigenvalue weighted by Crippen LogP contribution is 2.49. The molecule has 5 heterocycles. The molecule has 5 aromatic rings. The van der Waals surface area contributed by atoms with Gasteiger partial charge in [-0.2, -0.15) is 0 Å². The van der Waals surface area contributed by atoms with Crippen molar-refractivity contribution >= 4 is 32.7 Å². The van der Waals surface area contributed by atoms with Crippen LogP contribution in [0.3, 0.4) is 0 Å². The lowest BCUT2D eigenvalue weighted by Gasteiger charge is -2.58. The zero-order valence-corrected chi connectivity index (χ0v) is 24.3. The normalized spacial score (nSPS) is 24.6. The van der Waals surface area contributed by atoms with Crippen molar-refractivity contribution in [1.29, 1.82) is 0 Å². The van der Waals surface area contributed by atoms with Gasteiger partial charge in [0.25, 0.3) is 0 Å². The molecule has 6 heteroatoms. The molecule has 0 unspecified atom stereocenters. The highest BCUT2D eigenvalue weighted by Gasteiger charge is 2.54. The Hall–Kier alpha value is -3.32. The van der Waals surface area contributed by atoms with E-state index < -0.39 is 6.10 Å². The fourth-order valence-electron chi connectivity index (χ4n) is 7.53. The van der Waals surface area contributed by atoms with E-state index in [0.717, 1.165) is 70.2 Å². The highest BCUT2D eigenvalue weighted by molar-refractivity contribution is 5.97. The quantitative estimate of drug-likeness (QED) is 0.185. The molecule has 1 N–H and O–H groups in total. The summed E-state index contributed by atoms with van der Waals surface area (Å²) < 4.78 is 6.38. The average molecular weight is 597 g/mol. The summed E-state index contributed by atoms with van der Waals surface area (Å²) in [6, 6.07) is 25.0. The van der Waals surface area contributed by atoms with E-state index in [-0.39, 0.29) is 23.0 Å². The van der Waals surface area contributed by atoms with E-state index in [1.165, 1.54) is 16.3 Å². The van der Waals surface area contributed by atoms with Crippen LogP contribution in [0.5, 0.6) is 5.75 Å². The van der Waals surface area contributed by atoms with Crippen molar-refractivity contribution in [3.8, 4) is 5.75 Å². The lowest BCUT2D eigenvalue weighted by molar-refractivity contribution is -0.984. The Morgan fingerprint density at radius 1 is 1.00 bits per heavy atom. The van der Waals surface area contributed by atoms with Crippen LogP contribution < -0.4 is 21.7 Å². The molecule has 0 spiro atoms. The number of nitrogens with zero attached hydrogens (tertiary/aromatic N) is 3. The maximum atomic E-state index is 12.2. The Balaban J connectivity index is 0.00000289. The summed E-state index contributed by atoms with van der Waals surface area (Å²) in [7, 11) is 1.68. The van der Waals surface area contributed by atoms with E-state index in [2.05, 4.69) is 66.2 Å². The molecular weight excluding hydrogens is 562 g/mol. The zero-order chi connectivity index (χ0) is 26.6. The van der Waals surface area contributed by atoms with Crippen LogP contribution in [0, 0.1) is 11.8 Å². The fraction of sp³-hybridized carbons (Fsp3) is 0.294. The van der Waals surface area contributed by atoms with Crippen LogP contribution in [-0.4, -0.2) is 45.8 Å². The van der Waals surface area contributed by atoms with Gasteiger partial charge >= 0.3 is 0 Å². The standard InChI is InChI=1S/C34H34N3O2.BrH/c1-3-22-20-37(21-29-25-8-4-6-10-31(25)36-32-11-7-5-9-26(29)32)17-15-23(22)18-33(37)34(38)27-14-16-35-30-13-12-24(39-2)19-28(27)30;/h3-14,16,19,22-23,33-34,38H,1,15,17-18,20-21H2,2H3;1H/q+1;/p-1/t22-,23+,33+,34-,37+;/m1./s1. The number of methoxy groups -OCH3 is 1. The maximum Gasteiger partial charge on any atom is 0.131 e. The zero-order valence-electron chi connectivity index (χ0n) is 22.7. The number of rotatable bonds is 6. The van der Waals surface area contributed by atoms with Crippen molar-refractivity contribution in [2.45, 2.75) is 31.5 Å². The minimum Gasteiger partial charge on any atom is -1.00 e. The Kier molecular flexibility index (Phi) is 7.11. The summed E-state index contributed by atoms with van der Waals surface area (Å²) in [6.07, 6.45) is 5.51. The van der Waals surface area contributed by atoms with E-state index >= 15 is 0 Å². The van der Waals surface area contributed by atoms with Gasteiger partial charge in [0, 0.05) is 46.7 Å². The second-order valence-electron chi connectivity index (χ2n) is 11.4. The lowest BCUT2D eigenvalue weighted by atomic mass is 9.71. The van der Waals surface area contributed by atoms with Crippen molar-refractivity contribution in [2.75, 3.05) is 20.2 Å². The molecule has 3 fully saturated rings. The Morgan fingerprint density at radius 3 is 2.42 bits per heavy atom. The first-order valence-corrected chi connectivity index (χ1v) is 14.0. The van der Waals surface area contributed by atoms with Gasteiger partial charge in [0.05, 0.1) is 36.7 Å². The molecule has 0 radical (unpaired) electrons. The van der Waals surface area contributed by atoms with Gasteiger partial charge < -0.3 is 31.3 Å². The summed E-state index contributed by atoms with van der Waals surface area (Å²) in [5.41, 5.74) is 5.21. The summed E-state index contributed by atoms with van der Waals surface area (Å²) >= 11 is 0. The van der Waals surface area contributed by atoms with Crippen LogP contribution in [0.4, 0.5) is 0 Å². The molecule has 3 aromatic carbocycles. The van der Waals surface area contributed by atoms with E-state index in [1.54, 1.807) is 7.11 Å². The van der Waals surface area contributed by atoms with Crippen LogP contribution >= 0.6 is 0 Å². The van der Waals surface area contributed by atoms with Crippen LogP contribution in [0.2, 0.25) is 0 Å². The van der Waals surface area contributed by atoms with Gasteiger partial charge in [0.15, 0.2) is 0 Å². The lowest BCUT2D eigenvalue weighted by Crippen LogP contribution is -3.00. The van der Waals surface area contributed by atoms with E-state index in [0.29, 0.717) is 11.8 Å². The predicted molar refractivity (Wildman–Crippen MR) is 156 cm³/mol. The number of piperidine rings is 3. The Labute approximate surface area is 245 Å². The third kappa shape index (κ3) is 4.30. The number of quaternary nitrogens is 1. The van der Waals surface area contributed by atoms with Crippen molar-refractivity contribution in [3.05, 3.63) is 103 Å². The number of para-hydroxylation sites is 2. The van der Waals surface area contributed by atoms with E-state index in [4.69, 9.17) is 9.72 Å². The number of pyridine rings is 2. The van der Waals surface area contributed by atoms with Crippen LogP contribution in [-0.2, 0) is 6.54 Å². The highest BCUT2D eigenvalue weighted by atomic mass is 79.9. The number of aliphatic hydroxyl groups excluding tert-OH is 1.